The highest BCUT2D eigenvalue weighted by Crippen LogP contribution is 2.48. The van der Waals surface area contributed by atoms with Gasteiger partial charge in [-0.1, -0.05) is 30.3 Å². The number of carbonyl (C=O) groups excluding carboxylic acids is 1. The summed E-state index contributed by atoms with van der Waals surface area (Å²) in [6.07, 6.45) is 0.922. The van der Waals surface area contributed by atoms with Gasteiger partial charge in [-0.2, -0.15) is 0 Å². The van der Waals surface area contributed by atoms with E-state index in [0.29, 0.717) is 5.92 Å². The number of rotatable bonds is 3. The zero-order chi connectivity index (χ0) is 14.1. The lowest BCUT2D eigenvalue weighted by atomic mass is 10.1. The molecule has 0 bridgehead atoms. The lowest BCUT2D eigenvalue weighted by molar-refractivity contribution is -0.119. The van der Waals surface area contributed by atoms with Gasteiger partial charge in [0.05, 0.1) is 0 Å². The van der Waals surface area contributed by atoms with Gasteiger partial charge in [-0.25, -0.2) is 0 Å². The van der Waals surface area contributed by atoms with Crippen molar-refractivity contribution in [1.29, 1.82) is 0 Å². The maximum absolute atomic E-state index is 12.4. The second-order valence-electron chi connectivity index (χ2n) is 5.27. The van der Waals surface area contributed by atoms with Crippen LogP contribution in [0.15, 0.2) is 54.6 Å². The van der Waals surface area contributed by atoms with Crippen LogP contribution in [0.5, 0.6) is 5.75 Å². The molecule has 3 heteroatoms. The lowest BCUT2D eigenvalue weighted by Crippen LogP contribution is -2.28. The molecule has 1 aliphatic rings. The number of benzene rings is 2. The molecule has 20 heavy (non-hydrogen) atoms. The minimum atomic E-state index is 0.0798. The number of amides is 1. The maximum Gasteiger partial charge on any atom is 0.230 e. The number of phenols is 1. The summed E-state index contributed by atoms with van der Waals surface area (Å²) >= 11 is 0. The summed E-state index contributed by atoms with van der Waals surface area (Å²) in [5.74, 6) is 0.784. The summed E-state index contributed by atoms with van der Waals surface area (Å²) < 4.78 is 0. The van der Waals surface area contributed by atoms with Gasteiger partial charge in [-0.05, 0) is 42.2 Å². The first-order chi connectivity index (χ1) is 9.66. The van der Waals surface area contributed by atoms with Gasteiger partial charge >= 0.3 is 0 Å². The molecule has 0 aromatic heterocycles. The molecule has 2 aromatic carbocycles. The molecular weight excluding hydrogens is 250 g/mol. The van der Waals surface area contributed by atoms with Crippen molar-refractivity contribution in [2.45, 2.75) is 12.3 Å². The van der Waals surface area contributed by atoms with Crippen LogP contribution in [-0.2, 0) is 4.79 Å². The van der Waals surface area contributed by atoms with Crippen LogP contribution in [0.25, 0.3) is 0 Å². The molecule has 3 rings (SSSR count). The molecule has 0 aliphatic heterocycles. The number of phenolic OH excluding ortho intramolecular Hbond substituents is 1. The maximum atomic E-state index is 12.4. The highest BCUT2D eigenvalue weighted by Gasteiger charge is 2.45. The summed E-state index contributed by atoms with van der Waals surface area (Å²) in [5.41, 5.74) is 2.05. The van der Waals surface area contributed by atoms with Crippen molar-refractivity contribution < 1.29 is 9.90 Å². The fourth-order valence-corrected chi connectivity index (χ4v) is 2.59. The number of hydrogen-bond donors (Lipinski definition) is 1. The smallest absolute Gasteiger partial charge is 0.230 e. The third-order valence-electron chi connectivity index (χ3n) is 3.90. The summed E-state index contributed by atoms with van der Waals surface area (Å²) in [4.78, 5) is 14.1. The van der Waals surface area contributed by atoms with Crippen molar-refractivity contribution in [2.24, 2.45) is 5.92 Å². The van der Waals surface area contributed by atoms with E-state index in [1.54, 1.807) is 36.2 Å². The fourth-order valence-electron chi connectivity index (χ4n) is 2.59. The van der Waals surface area contributed by atoms with Gasteiger partial charge in [0.15, 0.2) is 0 Å². The summed E-state index contributed by atoms with van der Waals surface area (Å²) in [6.45, 7) is 0. The van der Waals surface area contributed by atoms with E-state index < -0.39 is 0 Å². The molecule has 1 aliphatic carbocycles. The zero-order valence-corrected chi connectivity index (χ0v) is 11.4. The Kier molecular flexibility index (Phi) is 3.18. The molecule has 3 nitrogen and oxygen atoms in total. The molecule has 0 radical (unpaired) electrons. The first kappa shape index (κ1) is 12.7. The molecule has 2 atom stereocenters. The van der Waals surface area contributed by atoms with Gasteiger partial charge in [-0.3, -0.25) is 4.79 Å². The van der Waals surface area contributed by atoms with Gasteiger partial charge < -0.3 is 10.0 Å². The van der Waals surface area contributed by atoms with Crippen molar-refractivity contribution in [2.75, 3.05) is 11.9 Å². The van der Waals surface area contributed by atoms with Gasteiger partial charge in [-0.15, -0.1) is 0 Å². The molecular formula is C17H17NO2. The molecule has 0 spiro atoms. The first-order valence-corrected chi connectivity index (χ1v) is 6.78. The molecule has 2 aromatic rings. The van der Waals surface area contributed by atoms with Gasteiger partial charge in [0.1, 0.15) is 5.75 Å². The largest absolute Gasteiger partial charge is 0.508 e. The third kappa shape index (κ3) is 2.39. The van der Waals surface area contributed by atoms with Crippen molar-refractivity contribution in [3.63, 3.8) is 0 Å². The average Bonchev–Trinajstić information content (AvgIpc) is 3.28. The second kappa shape index (κ2) is 5.00. The quantitative estimate of drug-likeness (QED) is 0.928. The fraction of sp³-hybridized carbons (Fsp3) is 0.235. The van der Waals surface area contributed by atoms with E-state index in [1.165, 1.54) is 5.56 Å². The number of anilines is 1. The Morgan fingerprint density at radius 2 is 1.75 bits per heavy atom. The number of nitrogens with zero attached hydrogens (tertiary/aromatic N) is 1. The van der Waals surface area contributed by atoms with Crippen LogP contribution in [0.3, 0.4) is 0 Å². The number of hydrogen-bond acceptors (Lipinski definition) is 2. The van der Waals surface area contributed by atoms with E-state index in [2.05, 4.69) is 12.1 Å². The van der Waals surface area contributed by atoms with E-state index in [4.69, 9.17) is 0 Å². The monoisotopic (exact) mass is 267 g/mol. The van der Waals surface area contributed by atoms with Crippen LogP contribution in [0.1, 0.15) is 17.9 Å². The summed E-state index contributed by atoms with van der Waals surface area (Å²) in [7, 11) is 1.79. The minimum absolute atomic E-state index is 0.0798. The predicted octanol–water partition coefficient (Wildman–Crippen LogP) is 3.16. The van der Waals surface area contributed by atoms with Crippen LogP contribution in [0, 0.1) is 5.92 Å². The van der Waals surface area contributed by atoms with Crippen LogP contribution < -0.4 is 4.90 Å². The van der Waals surface area contributed by atoms with E-state index in [-0.39, 0.29) is 17.6 Å². The summed E-state index contributed by atoms with van der Waals surface area (Å²) in [6, 6.07) is 16.9. The van der Waals surface area contributed by atoms with Crippen molar-refractivity contribution in [3.05, 3.63) is 60.2 Å². The average molecular weight is 267 g/mol. The Bertz CT molecular complexity index is 607. The zero-order valence-electron chi connectivity index (χ0n) is 11.4. The molecule has 2 unspecified atom stereocenters. The van der Waals surface area contributed by atoms with Gasteiger partial charge in [0, 0.05) is 18.7 Å². The third-order valence-corrected chi connectivity index (χ3v) is 3.90. The molecule has 1 saturated carbocycles. The summed E-state index contributed by atoms with van der Waals surface area (Å²) in [5, 5.41) is 9.29. The minimum Gasteiger partial charge on any atom is -0.508 e. The molecule has 1 N–H and O–H groups in total. The van der Waals surface area contributed by atoms with Crippen LogP contribution in [0.4, 0.5) is 5.69 Å². The molecule has 0 heterocycles. The van der Waals surface area contributed by atoms with Crippen molar-refractivity contribution in [1.82, 2.24) is 0 Å². The Morgan fingerprint density at radius 3 is 2.40 bits per heavy atom. The molecule has 1 amide bonds. The SMILES string of the molecule is CN(C(=O)C1CC1c1ccccc1)c1ccc(O)cc1. The van der Waals surface area contributed by atoms with Crippen molar-refractivity contribution in [3.8, 4) is 5.75 Å². The van der Waals surface area contributed by atoms with Gasteiger partial charge in [0.25, 0.3) is 0 Å². The van der Waals surface area contributed by atoms with E-state index >= 15 is 0 Å². The second-order valence-corrected chi connectivity index (χ2v) is 5.27. The molecule has 102 valence electrons. The Hall–Kier alpha value is -2.29. The number of aromatic hydroxyl groups is 1. The van der Waals surface area contributed by atoms with E-state index in [9.17, 15) is 9.90 Å². The number of carbonyl (C=O) groups is 1. The van der Waals surface area contributed by atoms with Crippen LogP contribution >= 0.6 is 0 Å². The highest BCUT2D eigenvalue weighted by molar-refractivity contribution is 5.97. The highest BCUT2D eigenvalue weighted by atomic mass is 16.3. The Balaban J connectivity index is 1.70. The van der Waals surface area contributed by atoms with Crippen LogP contribution in [0.2, 0.25) is 0 Å². The Morgan fingerprint density at radius 1 is 1.10 bits per heavy atom. The lowest BCUT2D eigenvalue weighted by Gasteiger charge is -2.17. The predicted molar refractivity (Wildman–Crippen MR) is 78.8 cm³/mol. The van der Waals surface area contributed by atoms with E-state index in [0.717, 1.165) is 12.1 Å². The Labute approximate surface area is 118 Å². The first-order valence-electron chi connectivity index (χ1n) is 6.78. The topological polar surface area (TPSA) is 40.5 Å². The standard InChI is InChI=1S/C17H17NO2/c1-18(13-7-9-14(19)10-8-13)17(20)16-11-15(16)12-5-3-2-4-6-12/h2-10,15-16,19H,11H2,1H3. The molecule has 1 fully saturated rings. The normalized spacial score (nSPS) is 20.4. The van der Waals surface area contributed by atoms with Crippen molar-refractivity contribution >= 4 is 11.6 Å². The molecule has 0 saturated heterocycles. The van der Waals surface area contributed by atoms with Crippen LogP contribution in [-0.4, -0.2) is 18.1 Å². The van der Waals surface area contributed by atoms with Gasteiger partial charge in [0.2, 0.25) is 5.91 Å². The van der Waals surface area contributed by atoms with E-state index in [1.807, 2.05) is 18.2 Å².